The van der Waals surface area contributed by atoms with Gasteiger partial charge in [-0.1, -0.05) is 6.07 Å². The highest BCUT2D eigenvalue weighted by atomic mass is 32.1. The Kier molecular flexibility index (Phi) is 5.62. The summed E-state index contributed by atoms with van der Waals surface area (Å²) >= 11 is 3.58. The number of nitrogens with zero attached hydrogens (tertiary/aromatic N) is 2. The quantitative estimate of drug-likeness (QED) is 0.684. The van der Waals surface area contributed by atoms with Gasteiger partial charge in [-0.15, -0.1) is 22.7 Å². The van der Waals surface area contributed by atoms with Crippen LogP contribution < -0.4 is 5.56 Å². The SMILES string of the molecule is O=c1[nH]cccc1CN1CCC(CCc2sccc2-c2nccs2)CC1. The molecular formula is C20H23N3OS2. The van der Waals surface area contributed by atoms with Gasteiger partial charge in [0.1, 0.15) is 5.01 Å². The van der Waals surface area contributed by atoms with Gasteiger partial charge in [-0.05, 0) is 62.2 Å². The minimum absolute atomic E-state index is 0.0436. The Labute approximate surface area is 161 Å². The van der Waals surface area contributed by atoms with E-state index >= 15 is 0 Å². The molecule has 0 spiro atoms. The number of thiazole rings is 1. The maximum absolute atomic E-state index is 11.8. The number of aryl methyl sites for hydroxylation is 1. The molecule has 1 saturated heterocycles. The fourth-order valence-corrected chi connectivity index (χ4v) is 5.32. The lowest BCUT2D eigenvalue weighted by Crippen LogP contribution is -2.34. The van der Waals surface area contributed by atoms with Crippen LogP contribution in [0.4, 0.5) is 0 Å². The number of pyridine rings is 1. The highest BCUT2D eigenvalue weighted by molar-refractivity contribution is 7.14. The standard InChI is InChI=1S/C20H23N3OS2/c24-19-16(2-1-8-21-19)14-23-10-5-15(6-11-23)3-4-18-17(7-12-25-18)20-22-9-13-26-20/h1-2,7-9,12-13,15H,3-6,10-11,14H2,(H,21,24). The number of nitrogens with one attached hydrogen (secondary N) is 1. The first-order valence-corrected chi connectivity index (χ1v) is 10.9. The number of rotatable bonds is 6. The summed E-state index contributed by atoms with van der Waals surface area (Å²) in [5, 5.41) is 5.38. The number of aromatic nitrogens is 2. The van der Waals surface area contributed by atoms with Crippen LogP contribution in [0.2, 0.25) is 0 Å². The topological polar surface area (TPSA) is 49.0 Å². The van der Waals surface area contributed by atoms with Crippen molar-refractivity contribution in [3.63, 3.8) is 0 Å². The molecule has 0 amide bonds. The Bertz CT molecular complexity index is 876. The molecule has 0 radical (unpaired) electrons. The average Bonchev–Trinajstić information content (AvgIpc) is 3.34. The smallest absolute Gasteiger partial charge is 0.252 e. The van der Waals surface area contributed by atoms with E-state index < -0.39 is 0 Å². The monoisotopic (exact) mass is 385 g/mol. The molecular weight excluding hydrogens is 362 g/mol. The third kappa shape index (κ3) is 4.14. The van der Waals surface area contributed by atoms with Crippen molar-refractivity contribution in [2.45, 2.75) is 32.2 Å². The van der Waals surface area contributed by atoms with Gasteiger partial charge in [0, 0.05) is 40.3 Å². The normalized spacial score (nSPS) is 16.2. The van der Waals surface area contributed by atoms with Gasteiger partial charge >= 0.3 is 0 Å². The number of hydrogen-bond donors (Lipinski definition) is 1. The van der Waals surface area contributed by atoms with E-state index in [2.05, 4.69) is 26.3 Å². The molecule has 4 rings (SSSR count). The van der Waals surface area contributed by atoms with Crippen LogP contribution in [0.1, 0.15) is 29.7 Å². The molecule has 1 aliphatic heterocycles. The average molecular weight is 386 g/mol. The largest absolute Gasteiger partial charge is 0.329 e. The molecule has 1 aliphatic rings. The summed E-state index contributed by atoms with van der Waals surface area (Å²) in [4.78, 5) is 22.9. The molecule has 1 N–H and O–H groups in total. The van der Waals surface area contributed by atoms with Gasteiger partial charge in [0.2, 0.25) is 0 Å². The van der Waals surface area contributed by atoms with Crippen molar-refractivity contribution in [2.75, 3.05) is 13.1 Å². The molecule has 1 fully saturated rings. The second kappa shape index (κ2) is 8.29. The zero-order chi connectivity index (χ0) is 17.8. The number of thiophene rings is 1. The molecule has 0 aromatic carbocycles. The van der Waals surface area contributed by atoms with Gasteiger partial charge < -0.3 is 4.98 Å². The summed E-state index contributed by atoms with van der Waals surface area (Å²) in [5.74, 6) is 0.784. The molecule has 0 unspecified atom stereocenters. The fourth-order valence-electron chi connectivity index (χ4n) is 3.67. The summed E-state index contributed by atoms with van der Waals surface area (Å²) in [6.45, 7) is 2.94. The Morgan fingerprint density at radius 2 is 2.08 bits per heavy atom. The van der Waals surface area contributed by atoms with Crippen molar-refractivity contribution in [2.24, 2.45) is 5.92 Å². The third-order valence-corrected chi connectivity index (χ3v) is 6.98. The Hall–Kier alpha value is -1.76. The third-order valence-electron chi connectivity index (χ3n) is 5.19. The van der Waals surface area contributed by atoms with E-state index in [1.54, 1.807) is 17.5 Å². The number of hydrogen-bond acceptors (Lipinski definition) is 5. The highest BCUT2D eigenvalue weighted by Gasteiger charge is 2.20. The maximum atomic E-state index is 11.8. The van der Waals surface area contributed by atoms with E-state index in [0.717, 1.165) is 42.5 Å². The lowest BCUT2D eigenvalue weighted by molar-refractivity contribution is 0.172. The highest BCUT2D eigenvalue weighted by Crippen LogP contribution is 2.32. The molecule has 26 heavy (non-hydrogen) atoms. The van der Waals surface area contributed by atoms with Crippen molar-refractivity contribution in [3.05, 3.63) is 62.1 Å². The lowest BCUT2D eigenvalue weighted by Gasteiger charge is -2.31. The van der Waals surface area contributed by atoms with Gasteiger partial charge in [-0.3, -0.25) is 9.69 Å². The molecule has 4 nitrogen and oxygen atoms in total. The molecule has 0 saturated carbocycles. The van der Waals surface area contributed by atoms with Crippen LogP contribution in [0.25, 0.3) is 10.6 Å². The van der Waals surface area contributed by atoms with Crippen LogP contribution >= 0.6 is 22.7 Å². The van der Waals surface area contributed by atoms with Crippen LogP contribution in [0.5, 0.6) is 0 Å². The van der Waals surface area contributed by atoms with Gasteiger partial charge in [0.25, 0.3) is 5.56 Å². The zero-order valence-electron chi connectivity index (χ0n) is 14.7. The zero-order valence-corrected chi connectivity index (χ0v) is 16.3. The Morgan fingerprint density at radius 3 is 2.85 bits per heavy atom. The predicted molar refractivity (Wildman–Crippen MR) is 109 cm³/mol. The Balaban J connectivity index is 1.28. The van der Waals surface area contributed by atoms with Gasteiger partial charge in [-0.2, -0.15) is 0 Å². The summed E-state index contributed by atoms with van der Waals surface area (Å²) in [6.07, 6.45) is 8.43. The molecule has 0 aliphatic carbocycles. The van der Waals surface area contributed by atoms with Crippen molar-refractivity contribution in [1.29, 1.82) is 0 Å². The molecule has 3 aromatic rings. The van der Waals surface area contributed by atoms with E-state index in [1.807, 2.05) is 35.0 Å². The van der Waals surface area contributed by atoms with Crippen molar-refractivity contribution in [1.82, 2.24) is 14.9 Å². The number of H-pyrrole nitrogens is 1. The van der Waals surface area contributed by atoms with Crippen LogP contribution in [-0.2, 0) is 13.0 Å². The number of likely N-dealkylation sites (tertiary alicyclic amines) is 1. The fraction of sp³-hybridized carbons (Fsp3) is 0.400. The van der Waals surface area contributed by atoms with Crippen LogP contribution in [0, 0.1) is 5.92 Å². The van der Waals surface area contributed by atoms with E-state index in [1.165, 1.54) is 29.7 Å². The summed E-state index contributed by atoms with van der Waals surface area (Å²) < 4.78 is 0. The first-order chi connectivity index (χ1) is 12.8. The molecule has 6 heteroatoms. The number of piperidine rings is 1. The molecule has 0 bridgehead atoms. The molecule has 136 valence electrons. The second-order valence-electron chi connectivity index (χ2n) is 6.88. The van der Waals surface area contributed by atoms with Crippen molar-refractivity contribution in [3.8, 4) is 10.6 Å². The summed E-state index contributed by atoms with van der Waals surface area (Å²) in [5.41, 5.74) is 2.24. The van der Waals surface area contributed by atoms with E-state index in [0.29, 0.717) is 0 Å². The molecule has 4 heterocycles. The van der Waals surface area contributed by atoms with Crippen LogP contribution in [-0.4, -0.2) is 28.0 Å². The minimum Gasteiger partial charge on any atom is -0.329 e. The van der Waals surface area contributed by atoms with Crippen molar-refractivity contribution < 1.29 is 0 Å². The van der Waals surface area contributed by atoms with Gasteiger partial charge in [-0.25, -0.2) is 4.98 Å². The minimum atomic E-state index is 0.0436. The molecule has 0 atom stereocenters. The number of aromatic amines is 1. The summed E-state index contributed by atoms with van der Waals surface area (Å²) in [7, 11) is 0. The molecule has 3 aromatic heterocycles. The maximum Gasteiger partial charge on any atom is 0.252 e. The first kappa shape index (κ1) is 17.6. The van der Waals surface area contributed by atoms with E-state index in [-0.39, 0.29) is 5.56 Å². The van der Waals surface area contributed by atoms with E-state index in [9.17, 15) is 4.79 Å². The summed E-state index contributed by atoms with van der Waals surface area (Å²) in [6, 6.07) is 6.05. The van der Waals surface area contributed by atoms with Crippen molar-refractivity contribution >= 4 is 22.7 Å². The lowest BCUT2D eigenvalue weighted by atomic mass is 9.91. The first-order valence-electron chi connectivity index (χ1n) is 9.15. The van der Waals surface area contributed by atoms with E-state index in [4.69, 9.17) is 0 Å². The van der Waals surface area contributed by atoms with Crippen LogP contribution in [0.3, 0.4) is 0 Å². The van der Waals surface area contributed by atoms with Gasteiger partial charge in [0.15, 0.2) is 0 Å². The van der Waals surface area contributed by atoms with Crippen LogP contribution in [0.15, 0.2) is 46.1 Å². The Morgan fingerprint density at radius 1 is 1.19 bits per heavy atom. The van der Waals surface area contributed by atoms with Gasteiger partial charge in [0.05, 0.1) is 0 Å². The second-order valence-corrected chi connectivity index (χ2v) is 8.77. The predicted octanol–water partition coefficient (Wildman–Crippen LogP) is 4.40.